The second kappa shape index (κ2) is 5.95. The number of rotatable bonds is 2. The van der Waals surface area contributed by atoms with Crippen molar-refractivity contribution in [2.24, 2.45) is 0 Å². The summed E-state index contributed by atoms with van der Waals surface area (Å²) in [5.41, 5.74) is 1.82. The van der Waals surface area contributed by atoms with Crippen molar-refractivity contribution in [3.8, 4) is 0 Å². The average molecular weight is 309 g/mol. The van der Waals surface area contributed by atoms with E-state index in [0.717, 1.165) is 37.6 Å². The largest absolute Gasteiger partial charge is 0.468 e. The Morgan fingerprint density at radius 3 is 2.90 bits per heavy atom. The van der Waals surface area contributed by atoms with Crippen LogP contribution in [0.4, 0.5) is 0 Å². The van der Waals surface area contributed by atoms with Crippen molar-refractivity contribution in [1.29, 1.82) is 0 Å². The van der Waals surface area contributed by atoms with E-state index in [2.05, 4.69) is 10.2 Å². The summed E-state index contributed by atoms with van der Waals surface area (Å²) in [7, 11) is 1.48. The lowest BCUT2D eigenvalue weighted by atomic mass is 9.92. The number of nitrogens with one attached hydrogen (secondary N) is 1. The number of esters is 1. The molecule has 0 aromatic heterocycles. The molecule has 1 N–H and O–H groups in total. The maximum Gasteiger partial charge on any atom is 0.326 e. The van der Waals surface area contributed by atoms with Gasteiger partial charge >= 0.3 is 5.97 Å². The van der Waals surface area contributed by atoms with Crippen molar-refractivity contribution in [3.05, 3.63) is 34.3 Å². The monoisotopic (exact) mass is 308 g/mol. The van der Waals surface area contributed by atoms with Crippen molar-refractivity contribution in [2.75, 3.05) is 33.3 Å². The van der Waals surface area contributed by atoms with Gasteiger partial charge < -0.3 is 10.1 Å². The molecule has 1 aromatic rings. The van der Waals surface area contributed by atoms with Gasteiger partial charge in [0.1, 0.15) is 5.54 Å². The number of nitrogens with zero attached hydrogens (tertiary/aromatic N) is 1. The summed E-state index contributed by atoms with van der Waals surface area (Å²) >= 11 is 6.10. The number of carbonyl (C=O) groups excluding carboxylic acids is 1. The SMILES string of the molecule is COC(=O)C1(N2CCCNCC2)Cc2ccc(Cl)cc2C1. The first kappa shape index (κ1) is 14.8. The quantitative estimate of drug-likeness (QED) is 0.844. The van der Waals surface area contributed by atoms with Gasteiger partial charge in [0, 0.05) is 37.5 Å². The van der Waals surface area contributed by atoms with Crippen LogP contribution in [0.1, 0.15) is 17.5 Å². The van der Waals surface area contributed by atoms with Gasteiger partial charge in [0.2, 0.25) is 0 Å². The van der Waals surface area contributed by atoms with Crippen LogP contribution in [0.3, 0.4) is 0 Å². The van der Waals surface area contributed by atoms with Gasteiger partial charge in [0.05, 0.1) is 7.11 Å². The lowest BCUT2D eigenvalue weighted by Crippen LogP contribution is -2.57. The molecule has 2 aliphatic rings. The topological polar surface area (TPSA) is 41.6 Å². The smallest absolute Gasteiger partial charge is 0.326 e. The summed E-state index contributed by atoms with van der Waals surface area (Å²) in [6.45, 7) is 3.71. The van der Waals surface area contributed by atoms with Crippen LogP contribution in [0.15, 0.2) is 18.2 Å². The van der Waals surface area contributed by atoms with E-state index in [4.69, 9.17) is 16.3 Å². The minimum atomic E-state index is -0.562. The maximum atomic E-state index is 12.6. The molecule has 1 aliphatic heterocycles. The molecule has 0 radical (unpaired) electrons. The molecule has 0 spiro atoms. The lowest BCUT2D eigenvalue weighted by Gasteiger charge is -2.38. The third-order valence-electron chi connectivity index (χ3n) is 4.64. The Kier molecular flexibility index (Phi) is 4.20. The summed E-state index contributed by atoms with van der Waals surface area (Å²) < 4.78 is 5.16. The standard InChI is InChI=1S/C16H21ClN2O2/c1-21-15(20)16(19-7-2-5-18-6-8-19)10-12-3-4-14(17)9-13(12)11-16/h3-4,9,18H,2,5-8,10-11H2,1H3. The molecule has 21 heavy (non-hydrogen) atoms. The molecule has 5 heteroatoms. The highest BCUT2D eigenvalue weighted by Crippen LogP contribution is 2.37. The van der Waals surface area contributed by atoms with Crippen LogP contribution in [0.2, 0.25) is 5.02 Å². The van der Waals surface area contributed by atoms with E-state index >= 15 is 0 Å². The highest BCUT2D eigenvalue weighted by molar-refractivity contribution is 6.30. The number of benzene rings is 1. The summed E-state index contributed by atoms with van der Waals surface area (Å²) in [4.78, 5) is 14.9. The average Bonchev–Trinajstić information content (AvgIpc) is 2.68. The van der Waals surface area contributed by atoms with Gasteiger partial charge in [-0.25, -0.2) is 0 Å². The van der Waals surface area contributed by atoms with Gasteiger partial charge in [-0.2, -0.15) is 0 Å². The highest BCUT2D eigenvalue weighted by Gasteiger charge is 2.49. The Morgan fingerprint density at radius 2 is 2.10 bits per heavy atom. The molecule has 0 saturated carbocycles. The van der Waals surface area contributed by atoms with E-state index in [9.17, 15) is 4.79 Å². The van der Waals surface area contributed by atoms with Gasteiger partial charge in [-0.05, 0) is 36.2 Å². The van der Waals surface area contributed by atoms with Gasteiger partial charge in [-0.3, -0.25) is 9.69 Å². The Balaban J connectivity index is 1.94. The molecule has 1 unspecified atom stereocenters. The van der Waals surface area contributed by atoms with E-state index < -0.39 is 5.54 Å². The summed E-state index contributed by atoms with van der Waals surface area (Å²) in [6, 6.07) is 5.92. The van der Waals surface area contributed by atoms with Crippen molar-refractivity contribution < 1.29 is 9.53 Å². The van der Waals surface area contributed by atoms with Crippen molar-refractivity contribution in [1.82, 2.24) is 10.2 Å². The van der Waals surface area contributed by atoms with E-state index in [1.807, 2.05) is 18.2 Å². The Bertz CT molecular complexity index is 541. The van der Waals surface area contributed by atoms with Crippen molar-refractivity contribution in [3.63, 3.8) is 0 Å². The second-order valence-electron chi connectivity index (χ2n) is 5.88. The molecule has 114 valence electrons. The molecule has 1 aliphatic carbocycles. The minimum absolute atomic E-state index is 0.128. The van der Waals surface area contributed by atoms with Crippen molar-refractivity contribution in [2.45, 2.75) is 24.8 Å². The molecule has 3 rings (SSSR count). The summed E-state index contributed by atoms with van der Waals surface area (Å²) in [5, 5.41) is 4.12. The first-order valence-electron chi connectivity index (χ1n) is 7.47. The molecule has 1 heterocycles. The normalized spacial score (nSPS) is 26.2. The number of hydrogen-bond acceptors (Lipinski definition) is 4. The predicted molar refractivity (Wildman–Crippen MR) is 82.7 cm³/mol. The molecule has 1 atom stereocenters. The fraction of sp³-hybridized carbons (Fsp3) is 0.562. The Labute approximate surface area is 130 Å². The zero-order valence-corrected chi connectivity index (χ0v) is 13.1. The van der Waals surface area contributed by atoms with Crippen LogP contribution in [0.5, 0.6) is 0 Å². The molecule has 1 saturated heterocycles. The zero-order chi connectivity index (χ0) is 14.9. The number of methoxy groups -OCH3 is 1. The molecular weight excluding hydrogens is 288 g/mol. The second-order valence-corrected chi connectivity index (χ2v) is 6.32. The van der Waals surface area contributed by atoms with Gasteiger partial charge in [0.25, 0.3) is 0 Å². The zero-order valence-electron chi connectivity index (χ0n) is 12.3. The molecular formula is C16H21ClN2O2. The van der Waals surface area contributed by atoms with Gasteiger partial charge in [-0.1, -0.05) is 17.7 Å². The lowest BCUT2D eigenvalue weighted by molar-refractivity contribution is -0.155. The molecule has 1 fully saturated rings. The third-order valence-corrected chi connectivity index (χ3v) is 4.88. The van der Waals surface area contributed by atoms with Crippen LogP contribution in [0, 0.1) is 0 Å². The van der Waals surface area contributed by atoms with Crippen LogP contribution in [0.25, 0.3) is 0 Å². The first-order chi connectivity index (χ1) is 10.2. The Morgan fingerprint density at radius 1 is 1.29 bits per heavy atom. The van der Waals surface area contributed by atoms with E-state index in [1.54, 1.807) is 0 Å². The van der Waals surface area contributed by atoms with Gasteiger partial charge in [0.15, 0.2) is 0 Å². The fourth-order valence-electron chi connectivity index (χ4n) is 3.58. The van der Waals surface area contributed by atoms with Crippen LogP contribution >= 0.6 is 11.6 Å². The fourth-order valence-corrected chi connectivity index (χ4v) is 3.78. The number of carbonyl (C=O) groups is 1. The highest BCUT2D eigenvalue weighted by atomic mass is 35.5. The predicted octanol–water partition coefficient (Wildman–Crippen LogP) is 1.65. The summed E-state index contributed by atoms with van der Waals surface area (Å²) in [6.07, 6.45) is 2.46. The van der Waals surface area contributed by atoms with Crippen LogP contribution in [-0.4, -0.2) is 49.7 Å². The Hall–Kier alpha value is -1.10. The van der Waals surface area contributed by atoms with Crippen LogP contribution in [-0.2, 0) is 22.4 Å². The van der Waals surface area contributed by atoms with E-state index in [0.29, 0.717) is 12.8 Å². The van der Waals surface area contributed by atoms with Gasteiger partial charge in [-0.15, -0.1) is 0 Å². The number of ether oxygens (including phenoxy) is 1. The first-order valence-corrected chi connectivity index (χ1v) is 7.85. The van der Waals surface area contributed by atoms with E-state index in [-0.39, 0.29) is 5.97 Å². The molecule has 4 nitrogen and oxygen atoms in total. The number of halogens is 1. The molecule has 1 aromatic carbocycles. The van der Waals surface area contributed by atoms with Crippen LogP contribution < -0.4 is 5.32 Å². The maximum absolute atomic E-state index is 12.6. The molecule has 0 bridgehead atoms. The number of fused-ring (bicyclic) bond motifs is 1. The third kappa shape index (κ3) is 2.68. The minimum Gasteiger partial charge on any atom is -0.468 e. The molecule has 0 amide bonds. The summed E-state index contributed by atoms with van der Waals surface area (Å²) in [5.74, 6) is -0.128. The van der Waals surface area contributed by atoms with E-state index in [1.165, 1.54) is 18.2 Å². The van der Waals surface area contributed by atoms with Crippen molar-refractivity contribution >= 4 is 17.6 Å². The number of hydrogen-bond donors (Lipinski definition) is 1.